The molecule has 0 amide bonds. The summed E-state index contributed by atoms with van der Waals surface area (Å²) in [5.74, 6) is -1.13. The number of rotatable bonds is 10. The molecule has 0 atom stereocenters. The van der Waals surface area contributed by atoms with Crippen molar-refractivity contribution < 1.29 is 24.5 Å². The maximum Gasteiger partial charge on any atom is 0.342 e. The molecule has 0 saturated heterocycles. The molecule has 5 nitrogen and oxygen atoms in total. The number of unbranched alkanes of at least 4 members (excludes halogenated alkanes) is 3. The molecule has 0 bridgehead atoms. The van der Waals surface area contributed by atoms with Crippen LogP contribution in [0.25, 0.3) is 0 Å². The van der Waals surface area contributed by atoms with E-state index < -0.39 is 5.97 Å². The highest BCUT2D eigenvalue weighted by Crippen LogP contribution is 2.06. The van der Waals surface area contributed by atoms with Gasteiger partial charge in [-0.05, 0) is 19.3 Å². The van der Waals surface area contributed by atoms with Crippen molar-refractivity contribution in [3.8, 4) is 0 Å². The van der Waals surface area contributed by atoms with Crippen molar-refractivity contribution in [3.05, 3.63) is 0 Å². The Labute approximate surface area is 95.7 Å². The Morgan fingerprint density at radius 2 is 1.69 bits per heavy atom. The van der Waals surface area contributed by atoms with Gasteiger partial charge >= 0.3 is 11.9 Å². The lowest BCUT2D eigenvalue weighted by Gasteiger charge is -2.02. The number of hydrogen-bond donors (Lipinski definition) is 1. The van der Waals surface area contributed by atoms with Gasteiger partial charge in [-0.1, -0.05) is 19.8 Å². The molecule has 0 aliphatic heterocycles. The molecule has 5 heteroatoms. The van der Waals surface area contributed by atoms with Crippen LogP contribution in [0.15, 0.2) is 0 Å². The monoisotopic (exact) mass is 232 g/mol. The lowest BCUT2D eigenvalue weighted by atomic mass is 10.1. The first-order valence-electron chi connectivity index (χ1n) is 5.71. The maximum absolute atomic E-state index is 11.0. The van der Waals surface area contributed by atoms with E-state index in [-0.39, 0.29) is 12.4 Å². The van der Waals surface area contributed by atoms with Crippen molar-refractivity contribution in [2.75, 3.05) is 6.61 Å². The summed E-state index contributed by atoms with van der Waals surface area (Å²) in [6.07, 6.45) is 4.39. The van der Waals surface area contributed by atoms with Gasteiger partial charge in [-0.2, -0.15) is 4.89 Å². The Kier molecular flexibility index (Phi) is 9.70. The van der Waals surface area contributed by atoms with E-state index in [0.29, 0.717) is 25.9 Å². The Morgan fingerprint density at radius 3 is 2.25 bits per heavy atom. The second kappa shape index (κ2) is 10.4. The second-order valence-electron chi connectivity index (χ2n) is 3.59. The van der Waals surface area contributed by atoms with Crippen LogP contribution >= 0.6 is 0 Å². The molecule has 0 aromatic carbocycles. The van der Waals surface area contributed by atoms with Gasteiger partial charge < -0.3 is 5.11 Å². The third kappa shape index (κ3) is 11.0. The summed E-state index contributed by atoms with van der Waals surface area (Å²) < 4.78 is 0. The van der Waals surface area contributed by atoms with Gasteiger partial charge in [0.15, 0.2) is 0 Å². The van der Waals surface area contributed by atoms with Gasteiger partial charge in [0.1, 0.15) is 0 Å². The molecule has 0 aromatic rings. The third-order valence-corrected chi connectivity index (χ3v) is 1.96. The van der Waals surface area contributed by atoms with E-state index in [1.807, 2.05) is 6.92 Å². The smallest absolute Gasteiger partial charge is 0.342 e. The van der Waals surface area contributed by atoms with Gasteiger partial charge in [0.25, 0.3) is 0 Å². The number of hydrogen-bond acceptors (Lipinski definition) is 4. The minimum atomic E-state index is -0.771. The zero-order chi connectivity index (χ0) is 12.2. The van der Waals surface area contributed by atoms with Crippen molar-refractivity contribution >= 4 is 11.9 Å². The van der Waals surface area contributed by atoms with E-state index in [1.54, 1.807) is 0 Å². The molecule has 0 aromatic heterocycles. The molecule has 0 fully saturated rings. The van der Waals surface area contributed by atoms with Gasteiger partial charge in [-0.3, -0.25) is 9.68 Å². The van der Waals surface area contributed by atoms with E-state index in [4.69, 9.17) is 5.11 Å². The molecule has 0 aliphatic carbocycles. The van der Waals surface area contributed by atoms with Gasteiger partial charge in [-0.25, -0.2) is 4.79 Å². The summed E-state index contributed by atoms with van der Waals surface area (Å²) in [6, 6.07) is 0. The summed E-state index contributed by atoms with van der Waals surface area (Å²) in [5, 5.41) is 8.39. The average Bonchev–Trinajstić information content (AvgIpc) is 2.23. The highest BCUT2D eigenvalue weighted by molar-refractivity contribution is 5.68. The standard InChI is InChI=1S/C11H20O5/c1-2-9-15-16-11(14)8-6-4-3-5-7-10(12)13/h2-9H2,1H3,(H,12,13). The second-order valence-corrected chi connectivity index (χ2v) is 3.59. The number of carbonyl (C=O) groups excluding carboxylic acids is 1. The van der Waals surface area contributed by atoms with E-state index in [9.17, 15) is 9.59 Å². The highest BCUT2D eigenvalue weighted by Gasteiger charge is 2.03. The lowest BCUT2D eigenvalue weighted by Crippen LogP contribution is -2.05. The van der Waals surface area contributed by atoms with E-state index in [1.165, 1.54) is 0 Å². The maximum atomic E-state index is 11.0. The molecular formula is C11H20O5. The predicted molar refractivity (Wildman–Crippen MR) is 57.7 cm³/mol. The van der Waals surface area contributed by atoms with Gasteiger partial charge in [-0.15, -0.1) is 0 Å². The molecule has 0 spiro atoms. The van der Waals surface area contributed by atoms with Crippen LogP contribution in [0.4, 0.5) is 0 Å². The van der Waals surface area contributed by atoms with Crippen LogP contribution < -0.4 is 0 Å². The molecular weight excluding hydrogens is 212 g/mol. The van der Waals surface area contributed by atoms with Crippen molar-refractivity contribution in [2.24, 2.45) is 0 Å². The van der Waals surface area contributed by atoms with Crippen LogP contribution in [0.5, 0.6) is 0 Å². The first-order chi connectivity index (χ1) is 7.66. The van der Waals surface area contributed by atoms with Crippen LogP contribution in [-0.4, -0.2) is 23.7 Å². The molecule has 0 unspecified atom stereocenters. The Balaban J connectivity index is 3.18. The van der Waals surface area contributed by atoms with Crippen molar-refractivity contribution in [1.82, 2.24) is 0 Å². The summed E-state index contributed by atoms with van der Waals surface area (Å²) in [4.78, 5) is 30.3. The SMILES string of the molecule is CCCOOC(=O)CCCCCCC(=O)O. The normalized spacial score (nSPS) is 10.1. The summed E-state index contributed by atoms with van der Waals surface area (Å²) in [6.45, 7) is 2.35. The Bertz CT molecular complexity index is 203. The van der Waals surface area contributed by atoms with Crippen LogP contribution in [0, 0.1) is 0 Å². The Morgan fingerprint density at radius 1 is 1.06 bits per heavy atom. The lowest BCUT2D eigenvalue weighted by molar-refractivity contribution is -0.272. The van der Waals surface area contributed by atoms with Crippen LogP contribution in [0.1, 0.15) is 51.9 Å². The van der Waals surface area contributed by atoms with Crippen LogP contribution in [0.2, 0.25) is 0 Å². The van der Waals surface area contributed by atoms with Crippen molar-refractivity contribution in [1.29, 1.82) is 0 Å². The molecule has 0 rings (SSSR count). The molecule has 0 aliphatic rings. The molecule has 0 radical (unpaired) electrons. The molecule has 1 N–H and O–H groups in total. The zero-order valence-corrected chi connectivity index (χ0v) is 9.74. The molecule has 0 saturated carbocycles. The molecule has 16 heavy (non-hydrogen) atoms. The first kappa shape index (κ1) is 14.9. The van der Waals surface area contributed by atoms with Gasteiger partial charge in [0, 0.05) is 12.8 Å². The number of carboxylic acids is 1. The summed E-state index contributed by atoms with van der Waals surface area (Å²) in [5.41, 5.74) is 0. The minimum absolute atomic E-state index is 0.198. The van der Waals surface area contributed by atoms with Gasteiger partial charge in [0.2, 0.25) is 0 Å². The number of carbonyl (C=O) groups is 2. The van der Waals surface area contributed by atoms with Crippen molar-refractivity contribution in [2.45, 2.75) is 51.9 Å². The van der Waals surface area contributed by atoms with E-state index in [0.717, 1.165) is 19.3 Å². The van der Waals surface area contributed by atoms with Crippen LogP contribution in [-0.2, 0) is 19.4 Å². The number of carboxylic acid groups (broad SMARTS) is 1. The fraction of sp³-hybridized carbons (Fsp3) is 0.818. The fourth-order valence-electron chi connectivity index (χ4n) is 1.13. The van der Waals surface area contributed by atoms with Crippen molar-refractivity contribution in [3.63, 3.8) is 0 Å². The zero-order valence-electron chi connectivity index (χ0n) is 9.74. The number of aliphatic carboxylic acids is 1. The van der Waals surface area contributed by atoms with Crippen LogP contribution in [0.3, 0.4) is 0 Å². The summed E-state index contributed by atoms with van der Waals surface area (Å²) >= 11 is 0. The highest BCUT2D eigenvalue weighted by atomic mass is 17.2. The predicted octanol–water partition coefficient (Wildman–Crippen LogP) is 2.30. The first-order valence-corrected chi connectivity index (χ1v) is 5.71. The quantitative estimate of drug-likeness (QED) is 0.355. The average molecular weight is 232 g/mol. The largest absolute Gasteiger partial charge is 0.481 e. The van der Waals surface area contributed by atoms with E-state index >= 15 is 0 Å². The fourth-order valence-corrected chi connectivity index (χ4v) is 1.13. The summed E-state index contributed by atoms with van der Waals surface area (Å²) in [7, 11) is 0. The topological polar surface area (TPSA) is 72.8 Å². The third-order valence-electron chi connectivity index (χ3n) is 1.96. The minimum Gasteiger partial charge on any atom is -0.481 e. The molecule has 0 heterocycles. The van der Waals surface area contributed by atoms with E-state index in [2.05, 4.69) is 9.78 Å². The molecule has 94 valence electrons. The Hall–Kier alpha value is -1.10. The van der Waals surface area contributed by atoms with Gasteiger partial charge in [0.05, 0.1) is 6.61 Å².